The Balaban J connectivity index is 2.26. The Morgan fingerprint density at radius 3 is 2.76 bits per heavy atom. The lowest BCUT2D eigenvalue weighted by Crippen LogP contribution is -2.13. The number of nitrogens with zero attached hydrogens (tertiary/aromatic N) is 2. The first kappa shape index (κ1) is 17.7. The van der Waals surface area contributed by atoms with Crippen LogP contribution in [0, 0.1) is 21.4 Å². The van der Waals surface area contributed by atoms with Crippen LogP contribution < -0.4 is 10.1 Å². The van der Waals surface area contributed by atoms with E-state index in [0.717, 1.165) is 0 Å². The van der Waals surface area contributed by atoms with Gasteiger partial charge in [-0.15, -0.1) is 0 Å². The molecular weight excluding hydrogens is 322 g/mol. The van der Waals surface area contributed by atoms with Crippen LogP contribution in [0.5, 0.6) is 5.75 Å². The highest BCUT2D eigenvalue weighted by Crippen LogP contribution is 2.22. The van der Waals surface area contributed by atoms with Crippen LogP contribution in [0.4, 0.5) is 11.4 Å². The summed E-state index contributed by atoms with van der Waals surface area (Å²) in [6, 6.07) is 14.4. The Bertz CT molecular complexity index is 869. The monoisotopic (exact) mass is 337 g/mol. The fraction of sp³-hybridized carbons (Fsp3) is 0.111. The molecule has 0 aliphatic carbocycles. The van der Waals surface area contributed by atoms with Crippen molar-refractivity contribution in [2.75, 3.05) is 11.9 Å². The van der Waals surface area contributed by atoms with E-state index in [1.54, 1.807) is 36.4 Å². The van der Waals surface area contributed by atoms with Crippen molar-refractivity contribution < 1.29 is 14.5 Å². The Kier molecular flexibility index (Phi) is 5.85. The van der Waals surface area contributed by atoms with Crippen molar-refractivity contribution in [3.63, 3.8) is 0 Å². The molecule has 0 saturated carbocycles. The fourth-order valence-electron chi connectivity index (χ4n) is 2.11. The molecule has 0 fully saturated rings. The van der Waals surface area contributed by atoms with Gasteiger partial charge in [0.15, 0.2) is 0 Å². The minimum atomic E-state index is -0.658. The number of nitro groups is 1. The van der Waals surface area contributed by atoms with Gasteiger partial charge in [-0.2, -0.15) is 5.26 Å². The quantitative estimate of drug-likeness (QED) is 0.375. The largest absolute Gasteiger partial charge is 0.494 e. The number of benzene rings is 2. The zero-order chi connectivity index (χ0) is 18.2. The number of hydrogen-bond donors (Lipinski definition) is 1. The number of rotatable bonds is 6. The highest BCUT2D eigenvalue weighted by molar-refractivity contribution is 6.10. The van der Waals surface area contributed by atoms with Gasteiger partial charge < -0.3 is 10.1 Å². The molecule has 0 spiro atoms. The van der Waals surface area contributed by atoms with Crippen LogP contribution in [0.25, 0.3) is 6.08 Å². The lowest BCUT2D eigenvalue weighted by atomic mass is 10.1. The highest BCUT2D eigenvalue weighted by atomic mass is 16.6. The van der Waals surface area contributed by atoms with Crippen molar-refractivity contribution in [3.8, 4) is 11.8 Å². The van der Waals surface area contributed by atoms with Crippen molar-refractivity contribution in [1.29, 1.82) is 5.26 Å². The molecule has 126 valence electrons. The van der Waals surface area contributed by atoms with E-state index in [9.17, 15) is 20.2 Å². The molecule has 0 unspecified atom stereocenters. The smallest absolute Gasteiger partial charge is 0.276 e. The van der Waals surface area contributed by atoms with E-state index < -0.39 is 10.8 Å². The zero-order valence-corrected chi connectivity index (χ0v) is 13.4. The number of para-hydroxylation sites is 1. The average molecular weight is 337 g/mol. The number of nitriles is 1. The molecule has 1 N–H and O–H groups in total. The minimum absolute atomic E-state index is 0.179. The molecular formula is C18H15N3O4. The molecule has 7 heteroatoms. The minimum Gasteiger partial charge on any atom is -0.494 e. The summed E-state index contributed by atoms with van der Waals surface area (Å²) in [5.74, 6) is -0.0733. The molecule has 0 saturated heterocycles. The molecule has 0 aliphatic rings. The fourth-order valence-corrected chi connectivity index (χ4v) is 2.11. The maximum absolute atomic E-state index is 12.3. The molecule has 2 aromatic carbocycles. The number of carbonyl (C=O) groups is 1. The normalized spacial score (nSPS) is 10.6. The van der Waals surface area contributed by atoms with Crippen molar-refractivity contribution in [2.45, 2.75) is 6.92 Å². The Morgan fingerprint density at radius 1 is 1.32 bits per heavy atom. The summed E-state index contributed by atoms with van der Waals surface area (Å²) in [4.78, 5) is 22.8. The summed E-state index contributed by atoms with van der Waals surface area (Å²) in [7, 11) is 0. The summed E-state index contributed by atoms with van der Waals surface area (Å²) in [6.45, 7) is 2.33. The third-order valence-corrected chi connectivity index (χ3v) is 3.20. The van der Waals surface area contributed by atoms with E-state index in [-0.39, 0.29) is 16.8 Å². The number of nitro benzene ring substituents is 1. The van der Waals surface area contributed by atoms with Gasteiger partial charge in [0.1, 0.15) is 17.4 Å². The van der Waals surface area contributed by atoms with Gasteiger partial charge in [0.05, 0.1) is 17.1 Å². The van der Waals surface area contributed by atoms with Crippen LogP contribution in [0.2, 0.25) is 0 Å². The first-order valence-electron chi connectivity index (χ1n) is 7.44. The SMILES string of the molecule is CCOc1cccc(NC(=O)/C(C#N)=C/c2ccccc2[N+](=O)[O-])c1. The molecule has 0 aromatic heterocycles. The zero-order valence-electron chi connectivity index (χ0n) is 13.4. The molecule has 0 heterocycles. The van der Waals surface area contributed by atoms with Gasteiger partial charge in [-0.1, -0.05) is 18.2 Å². The maximum Gasteiger partial charge on any atom is 0.276 e. The standard InChI is InChI=1S/C18H15N3O4/c1-2-25-16-8-5-7-15(11-16)20-18(22)14(12-19)10-13-6-3-4-9-17(13)21(23)24/h3-11H,2H2,1H3,(H,20,22)/b14-10+. The molecule has 2 rings (SSSR count). The van der Waals surface area contributed by atoms with Gasteiger partial charge in [-0.05, 0) is 31.2 Å². The maximum atomic E-state index is 12.3. The van der Waals surface area contributed by atoms with Gasteiger partial charge in [0, 0.05) is 17.8 Å². The number of carbonyl (C=O) groups excluding carboxylic acids is 1. The first-order valence-corrected chi connectivity index (χ1v) is 7.44. The van der Waals surface area contributed by atoms with Crippen molar-refractivity contribution in [2.24, 2.45) is 0 Å². The average Bonchev–Trinajstić information content (AvgIpc) is 2.60. The predicted octanol–water partition coefficient (Wildman–Crippen LogP) is 3.54. The van der Waals surface area contributed by atoms with Crippen LogP contribution in [0.3, 0.4) is 0 Å². The van der Waals surface area contributed by atoms with Crippen LogP contribution in [-0.4, -0.2) is 17.4 Å². The van der Waals surface area contributed by atoms with Crippen LogP contribution in [0.1, 0.15) is 12.5 Å². The van der Waals surface area contributed by atoms with Crippen LogP contribution in [-0.2, 0) is 4.79 Å². The summed E-state index contributed by atoms with van der Waals surface area (Å²) >= 11 is 0. The second-order valence-electron chi connectivity index (χ2n) is 4.90. The van der Waals surface area contributed by atoms with Crippen molar-refractivity contribution in [1.82, 2.24) is 0 Å². The lowest BCUT2D eigenvalue weighted by Gasteiger charge is -2.07. The first-order chi connectivity index (χ1) is 12.0. The Hall–Kier alpha value is -3.66. The van der Waals surface area contributed by atoms with Gasteiger partial charge in [-0.3, -0.25) is 14.9 Å². The molecule has 0 bridgehead atoms. The topological polar surface area (TPSA) is 105 Å². The third-order valence-electron chi connectivity index (χ3n) is 3.20. The van der Waals surface area contributed by atoms with E-state index in [2.05, 4.69) is 5.32 Å². The highest BCUT2D eigenvalue weighted by Gasteiger charge is 2.15. The van der Waals surface area contributed by atoms with Crippen LogP contribution >= 0.6 is 0 Å². The van der Waals surface area contributed by atoms with E-state index in [1.165, 1.54) is 24.3 Å². The number of nitrogens with one attached hydrogen (secondary N) is 1. The van der Waals surface area contributed by atoms with Gasteiger partial charge in [0.2, 0.25) is 0 Å². The molecule has 0 atom stereocenters. The molecule has 25 heavy (non-hydrogen) atoms. The molecule has 1 amide bonds. The summed E-state index contributed by atoms with van der Waals surface area (Å²) < 4.78 is 5.35. The van der Waals surface area contributed by atoms with Crippen molar-refractivity contribution >= 4 is 23.4 Å². The molecule has 0 radical (unpaired) electrons. The Labute approximate surface area is 144 Å². The Morgan fingerprint density at radius 2 is 2.08 bits per heavy atom. The second kappa shape index (κ2) is 8.26. The third kappa shape index (κ3) is 4.65. The van der Waals surface area contributed by atoms with Gasteiger partial charge in [-0.25, -0.2) is 0 Å². The second-order valence-corrected chi connectivity index (χ2v) is 4.90. The van der Waals surface area contributed by atoms with E-state index in [0.29, 0.717) is 18.0 Å². The summed E-state index contributed by atoms with van der Waals surface area (Å²) in [6.07, 6.45) is 1.19. The van der Waals surface area contributed by atoms with Crippen LogP contribution in [0.15, 0.2) is 54.1 Å². The predicted molar refractivity (Wildman–Crippen MR) is 92.9 cm³/mol. The van der Waals surface area contributed by atoms with Gasteiger partial charge >= 0.3 is 0 Å². The number of hydrogen-bond acceptors (Lipinski definition) is 5. The van der Waals surface area contributed by atoms with Gasteiger partial charge in [0.25, 0.3) is 11.6 Å². The summed E-state index contributed by atoms with van der Waals surface area (Å²) in [5.41, 5.74) is 0.222. The number of amides is 1. The van der Waals surface area contributed by atoms with E-state index in [1.807, 2.05) is 6.92 Å². The molecule has 2 aromatic rings. The van der Waals surface area contributed by atoms with E-state index in [4.69, 9.17) is 4.74 Å². The molecule has 7 nitrogen and oxygen atoms in total. The number of ether oxygens (including phenoxy) is 1. The number of anilines is 1. The van der Waals surface area contributed by atoms with E-state index >= 15 is 0 Å². The van der Waals surface area contributed by atoms with Crippen molar-refractivity contribution in [3.05, 3.63) is 69.8 Å². The summed E-state index contributed by atoms with van der Waals surface area (Å²) in [5, 5.41) is 22.8. The lowest BCUT2D eigenvalue weighted by molar-refractivity contribution is -0.385. The molecule has 0 aliphatic heterocycles.